The lowest BCUT2D eigenvalue weighted by Crippen LogP contribution is -2.28. The van der Waals surface area contributed by atoms with Gasteiger partial charge in [-0.15, -0.1) is 0 Å². The lowest BCUT2D eigenvalue weighted by molar-refractivity contribution is -0.105. The van der Waals surface area contributed by atoms with Crippen molar-refractivity contribution in [3.8, 4) is 0 Å². The van der Waals surface area contributed by atoms with E-state index in [4.69, 9.17) is 11.1 Å². The van der Waals surface area contributed by atoms with Gasteiger partial charge in [0.2, 0.25) is 6.41 Å². The van der Waals surface area contributed by atoms with Gasteiger partial charge in [0, 0.05) is 39.5 Å². The molecule has 0 bridgehead atoms. The van der Waals surface area contributed by atoms with Crippen LogP contribution in [0.2, 0.25) is 0 Å². The Kier molecular flexibility index (Phi) is 5.78. The number of carbonyl (C=O) groups excluding carboxylic acids is 3. The van der Waals surface area contributed by atoms with Crippen molar-refractivity contribution in [1.29, 1.82) is 5.41 Å². The first-order valence-corrected chi connectivity index (χ1v) is 7.77. The molecule has 10 nitrogen and oxygen atoms in total. The molecule has 0 unspecified atom stereocenters. The van der Waals surface area contributed by atoms with E-state index < -0.39 is 0 Å². The van der Waals surface area contributed by atoms with Gasteiger partial charge in [-0.25, -0.2) is 0 Å². The topological polar surface area (TPSA) is 147 Å². The van der Waals surface area contributed by atoms with Crippen LogP contribution < -0.4 is 21.7 Å². The van der Waals surface area contributed by atoms with Gasteiger partial charge in [0.25, 0.3) is 11.8 Å². The van der Waals surface area contributed by atoms with Gasteiger partial charge >= 0.3 is 0 Å². The molecule has 0 fully saturated rings. The summed E-state index contributed by atoms with van der Waals surface area (Å²) in [7, 11) is 3.37. The first-order valence-electron chi connectivity index (χ1n) is 7.77. The minimum Gasteiger partial charge on any atom is -0.388 e. The fraction of sp³-hybridized carbons (Fsp3) is 0.250. The maximum atomic E-state index is 12.4. The summed E-state index contributed by atoms with van der Waals surface area (Å²) in [5.74, 6) is -0.706. The quantitative estimate of drug-likeness (QED) is 0.261. The number of hydrogen-bond acceptors (Lipinski definition) is 4. The molecule has 26 heavy (non-hydrogen) atoms. The maximum Gasteiger partial charge on any atom is 0.272 e. The number of nitrogens with zero attached hydrogens (tertiary/aromatic N) is 2. The number of amidine groups is 1. The molecule has 0 saturated heterocycles. The molecule has 0 aromatic carbocycles. The third-order valence-corrected chi connectivity index (χ3v) is 3.64. The highest BCUT2D eigenvalue weighted by Crippen LogP contribution is 2.17. The van der Waals surface area contributed by atoms with Crippen molar-refractivity contribution in [2.75, 3.05) is 17.2 Å². The minimum absolute atomic E-state index is 0.00357. The zero-order valence-corrected chi connectivity index (χ0v) is 14.5. The number of aromatic nitrogens is 2. The zero-order chi connectivity index (χ0) is 19.3. The predicted molar refractivity (Wildman–Crippen MR) is 97.3 cm³/mol. The summed E-state index contributed by atoms with van der Waals surface area (Å²) in [5.41, 5.74) is 6.92. The van der Waals surface area contributed by atoms with E-state index in [0.717, 1.165) is 0 Å². The van der Waals surface area contributed by atoms with Crippen LogP contribution in [-0.2, 0) is 18.9 Å². The van der Waals surface area contributed by atoms with Gasteiger partial charge in [-0.2, -0.15) is 0 Å². The molecule has 138 valence electrons. The molecule has 0 saturated carbocycles. The van der Waals surface area contributed by atoms with Crippen molar-refractivity contribution in [2.24, 2.45) is 19.8 Å². The van der Waals surface area contributed by atoms with Gasteiger partial charge in [-0.1, -0.05) is 0 Å². The number of nitrogens with one attached hydrogen (secondary N) is 4. The van der Waals surface area contributed by atoms with E-state index in [1.165, 1.54) is 0 Å². The first kappa shape index (κ1) is 18.8. The number of anilines is 2. The summed E-state index contributed by atoms with van der Waals surface area (Å²) in [5, 5.41) is 15.0. The van der Waals surface area contributed by atoms with Crippen molar-refractivity contribution >= 4 is 35.4 Å². The average Bonchev–Trinajstić information content (AvgIpc) is 3.10. The SMILES string of the molecule is Cn1cc(NC(=O)c2cc(NC=O)cn2C)cc1C(=O)NCCC(=N)N. The number of hydrogen-bond donors (Lipinski definition) is 5. The van der Waals surface area contributed by atoms with Crippen LogP contribution in [0.4, 0.5) is 11.4 Å². The molecule has 0 radical (unpaired) electrons. The average molecular weight is 359 g/mol. The Hall–Kier alpha value is -3.56. The Morgan fingerprint density at radius 3 is 2.31 bits per heavy atom. The van der Waals surface area contributed by atoms with Crippen LogP contribution in [0, 0.1) is 5.41 Å². The molecule has 2 heterocycles. The van der Waals surface area contributed by atoms with Crippen LogP contribution in [0.15, 0.2) is 24.5 Å². The van der Waals surface area contributed by atoms with Gasteiger partial charge < -0.3 is 30.8 Å². The van der Waals surface area contributed by atoms with Crippen molar-refractivity contribution < 1.29 is 14.4 Å². The van der Waals surface area contributed by atoms with Crippen molar-refractivity contribution in [1.82, 2.24) is 14.5 Å². The largest absolute Gasteiger partial charge is 0.388 e. The first-order chi connectivity index (χ1) is 12.3. The van der Waals surface area contributed by atoms with Crippen LogP contribution in [0.5, 0.6) is 0 Å². The molecule has 0 aliphatic carbocycles. The lowest BCUT2D eigenvalue weighted by atomic mass is 10.3. The molecular weight excluding hydrogens is 338 g/mol. The van der Waals surface area contributed by atoms with Gasteiger partial charge in [0.05, 0.1) is 17.2 Å². The van der Waals surface area contributed by atoms with E-state index in [2.05, 4.69) is 16.0 Å². The molecular formula is C16H21N7O3. The Bertz CT molecular complexity index is 850. The fourth-order valence-corrected chi connectivity index (χ4v) is 2.39. The molecule has 6 N–H and O–H groups in total. The molecule has 2 aromatic heterocycles. The molecule has 0 aliphatic heterocycles. The van der Waals surface area contributed by atoms with E-state index >= 15 is 0 Å². The smallest absolute Gasteiger partial charge is 0.272 e. The van der Waals surface area contributed by atoms with E-state index in [1.807, 2.05) is 0 Å². The Balaban J connectivity index is 2.06. The fourth-order valence-electron chi connectivity index (χ4n) is 2.39. The van der Waals surface area contributed by atoms with E-state index in [9.17, 15) is 14.4 Å². The maximum absolute atomic E-state index is 12.4. The van der Waals surface area contributed by atoms with Crippen LogP contribution in [0.25, 0.3) is 0 Å². The highest BCUT2D eigenvalue weighted by molar-refractivity contribution is 6.05. The van der Waals surface area contributed by atoms with Crippen LogP contribution in [0.3, 0.4) is 0 Å². The summed E-state index contributed by atoms with van der Waals surface area (Å²) in [6, 6.07) is 3.09. The van der Waals surface area contributed by atoms with Crippen molar-refractivity contribution in [3.05, 3.63) is 35.9 Å². The Morgan fingerprint density at radius 2 is 1.69 bits per heavy atom. The third-order valence-electron chi connectivity index (χ3n) is 3.64. The Morgan fingerprint density at radius 1 is 1.12 bits per heavy atom. The second kappa shape index (κ2) is 8.01. The molecule has 0 spiro atoms. The zero-order valence-electron chi connectivity index (χ0n) is 14.5. The van der Waals surface area contributed by atoms with Gasteiger partial charge in [0.15, 0.2) is 0 Å². The highest BCUT2D eigenvalue weighted by atomic mass is 16.2. The monoisotopic (exact) mass is 359 g/mol. The van der Waals surface area contributed by atoms with Crippen LogP contribution in [-0.4, -0.2) is 39.7 Å². The molecule has 0 atom stereocenters. The van der Waals surface area contributed by atoms with Gasteiger partial charge in [-0.05, 0) is 12.1 Å². The molecule has 2 aromatic rings. The second-order valence-electron chi connectivity index (χ2n) is 5.70. The number of carbonyl (C=O) groups is 3. The third kappa shape index (κ3) is 4.50. The van der Waals surface area contributed by atoms with E-state index in [0.29, 0.717) is 29.2 Å². The van der Waals surface area contributed by atoms with Crippen molar-refractivity contribution in [2.45, 2.75) is 6.42 Å². The number of aryl methyl sites for hydroxylation is 2. The number of amides is 3. The Labute approximate surface area is 149 Å². The number of rotatable bonds is 8. The summed E-state index contributed by atoms with van der Waals surface area (Å²) >= 11 is 0. The van der Waals surface area contributed by atoms with Crippen molar-refractivity contribution in [3.63, 3.8) is 0 Å². The highest BCUT2D eigenvalue weighted by Gasteiger charge is 2.16. The summed E-state index contributed by atoms with van der Waals surface area (Å²) < 4.78 is 3.17. The molecule has 10 heteroatoms. The van der Waals surface area contributed by atoms with Crippen LogP contribution in [0.1, 0.15) is 27.4 Å². The number of nitrogens with two attached hydrogens (primary N) is 1. The minimum atomic E-state index is -0.374. The summed E-state index contributed by atoms with van der Waals surface area (Å²) in [4.78, 5) is 35.0. The standard InChI is InChI=1S/C16H21N7O3/c1-22-7-10(20-9-24)5-13(22)16(26)21-11-6-12(23(2)8-11)15(25)19-4-3-14(17)18/h5-9H,3-4H2,1-2H3,(H3,17,18)(H,19,25)(H,20,24)(H,21,26). The van der Waals surface area contributed by atoms with Gasteiger partial charge in [0.1, 0.15) is 11.4 Å². The van der Waals surface area contributed by atoms with E-state index in [-0.39, 0.29) is 30.6 Å². The second-order valence-corrected chi connectivity index (χ2v) is 5.70. The van der Waals surface area contributed by atoms with Gasteiger partial charge in [-0.3, -0.25) is 19.8 Å². The normalized spacial score (nSPS) is 10.2. The summed E-state index contributed by atoms with van der Waals surface area (Å²) in [6.07, 6.45) is 4.03. The van der Waals surface area contributed by atoms with Crippen LogP contribution >= 0.6 is 0 Å². The molecule has 3 amide bonds. The molecule has 0 aliphatic rings. The van der Waals surface area contributed by atoms with E-state index in [1.54, 1.807) is 47.8 Å². The summed E-state index contributed by atoms with van der Waals surface area (Å²) in [6.45, 7) is 0.261. The molecule has 2 rings (SSSR count). The lowest BCUT2D eigenvalue weighted by Gasteiger charge is -2.04. The predicted octanol–water partition coefficient (Wildman–Crippen LogP) is 0.240.